The lowest BCUT2D eigenvalue weighted by Crippen LogP contribution is -2.24. The van der Waals surface area contributed by atoms with Gasteiger partial charge in [-0.05, 0) is 54.8 Å². The maximum absolute atomic E-state index is 13.0. The SMILES string of the molecule is CC(C)c1c(C(=O)Nc2ccc(N3CCCC3=O)c(Cl)c2)cnn1-c1ccc(Cl)cc1. The molecule has 31 heavy (non-hydrogen) atoms. The zero-order chi connectivity index (χ0) is 22.1. The van der Waals surface area contributed by atoms with Gasteiger partial charge in [0.25, 0.3) is 5.91 Å². The topological polar surface area (TPSA) is 67.2 Å². The van der Waals surface area contributed by atoms with Gasteiger partial charge in [-0.25, -0.2) is 4.68 Å². The molecule has 1 N–H and O–H groups in total. The van der Waals surface area contributed by atoms with Crippen LogP contribution in [0, 0.1) is 0 Å². The molecule has 0 aliphatic carbocycles. The third-order valence-corrected chi connectivity index (χ3v) is 5.79. The molecule has 0 spiro atoms. The van der Waals surface area contributed by atoms with E-state index in [1.807, 2.05) is 26.0 Å². The minimum atomic E-state index is -0.273. The fraction of sp³-hybridized carbons (Fsp3) is 0.261. The maximum Gasteiger partial charge on any atom is 0.259 e. The van der Waals surface area contributed by atoms with E-state index in [4.69, 9.17) is 23.2 Å². The molecule has 1 fully saturated rings. The highest BCUT2D eigenvalue weighted by Crippen LogP contribution is 2.32. The van der Waals surface area contributed by atoms with Crippen LogP contribution in [0.2, 0.25) is 10.0 Å². The molecular formula is C23H22Cl2N4O2. The third-order valence-electron chi connectivity index (χ3n) is 5.24. The van der Waals surface area contributed by atoms with Crippen molar-refractivity contribution in [2.75, 3.05) is 16.8 Å². The van der Waals surface area contributed by atoms with Crippen LogP contribution in [0.15, 0.2) is 48.7 Å². The summed E-state index contributed by atoms with van der Waals surface area (Å²) < 4.78 is 1.75. The monoisotopic (exact) mass is 456 g/mol. The Morgan fingerprint density at radius 1 is 1.13 bits per heavy atom. The van der Waals surface area contributed by atoms with Crippen LogP contribution in [0.1, 0.15) is 48.7 Å². The zero-order valence-electron chi connectivity index (χ0n) is 17.2. The van der Waals surface area contributed by atoms with Gasteiger partial charge in [-0.15, -0.1) is 0 Å². The molecule has 0 bridgehead atoms. The largest absolute Gasteiger partial charge is 0.322 e. The standard InChI is InChI=1S/C23H22Cl2N4O2/c1-14(2)22-18(13-26-29(22)17-8-5-15(24)6-9-17)23(31)27-16-7-10-20(19(25)12-16)28-11-3-4-21(28)30/h5-10,12-14H,3-4,11H2,1-2H3,(H,27,31). The molecule has 4 rings (SSSR count). The van der Waals surface area contributed by atoms with Gasteiger partial charge < -0.3 is 10.2 Å². The fourth-order valence-electron chi connectivity index (χ4n) is 3.78. The van der Waals surface area contributed by atoms with Crippen molar-refractivity contribution >= 4 is 46.4 Å². The van der Waals surface area contributed by atoms with Gasteiger partial charge in [-0.3, -0.25) is 9.59 Å². The first-order valence-corrected chi connectivity index (χ1v) is 10.9. The summed E-state index contributed by atoms with van der Waals surface area (Å²) in [7, 11) is 0. The molecule has 2 amide bonds. The number of carbonyl (C=O) groups excluding carboxylic acids is 2. The summed E-state index contributed by atoms with van der Waals surface area (Å²) in [6.45, 7) is 4.68. The Morgan fingerprint density at radius 2 is 1.87 bits per heavy atom. The van der Waals surface area contributed by atoms with Crippen molar-refractivity contribution in [2.24, 2.45) is 0 Å². The van der Waals surface area contributed by atoms with Crippen molar-refractivity contribution in [3.63, 3.8) is 0 Å². The Morgan fingerprint density at radius 3 is 2.48 bits per heavy atom. The minimum Gasteiger partial charge on any atom is -0.322 e. The van der Waals surface area contributed by atoms with Crippen molar-refractivity contribution < 1.29 is 9.59 Å². The molecule has 0 unspecified atom stereocenters. The lowest BCUT2D eigenvalue weighted by atomic mass is 10.0. The van der Waals surface area contributed by atoms with Gasteiger partial charge in [-0.2, -0.15) is 5.10 Å². The molecule has 1 aliphatic heterocycles. The van der Waals surface area contributed by atoms with Gasteiger partial charge in [0.2, 0.25) is 5.91 Å². The molecule has 3 aromatic rings. The number of carbonyl (C=O) groups is 2. The summed E-state index contributed by atoms with van der Waals surface area (Å²) in [6, 6.07) is 12.5. The predicted molar refractivity (Wildman–Crippen MR) is 124 cm³/mol. The summed E-state index contributed by atoms with van der Waals surface area (Å²) in [5, 5.41) is 8.39. The number of nitrogens with one attached hydrogen (secondary N) is 1. The fourth-order valence-corrected chi connectivity index (χ4v) is 4.19. The maximum atomic E-state index is 13.0. The predicted octanol–water partition coefficient (Wildman–Crippen LogP) is 5.68. The van der Waals surface area contributed by atoms with Gasteiger partial charge in [0.05, 0.1) is 33.9 Å². The van der Waals surface area contributed by atoms with Gasteiger partial charge >= 0.3 is 0 Å². The number of amides is 2. The van der Waals surface area contributed by atoms with E-state index in [9.17, 15) is 9.59 Å². The Hall–Kier alpha value is -2.83. The van der Waals surface area contributed by atoms with Gasteiger partial charge in [0.15, 0.2) is 0 Å². The number of hydrogen-bond acceptors (Lipinski definition) is 3. The molecule has 1 aliphatic rings. The minimum absolute atomic E-state index is 0.0612. The second kappa shape index (κ2) is 8.73. The molecule has 8 heteroatoms. The first-order valence-electron chi connectivity index (χ1n) is 10.1. The normalized spacial score (nSPS) is 13.8. The van der Waals surface area contributed by atoms with Crippen LogP contribution in [0.4, 0.5) is 11.4 Å². The molecule has 0 radical (unpaired) electrons. The molecule has 0 atom stereocenters. The summed E-state index contributed by atoms with van der Waals surface area (Å²) in [6.07, 6.45) is 2.92. The second-order valence-electron chi connectivity index (χ2n) is 7.76. The van der Waals surface area contributed by atoms with Gasteiger partial charge in [-0.1, -0.05) is 37.0 Å². The van der Waals surface area contributed by atoms with Crippen molar-refractivity contribution in [1.29, 1.82) is 0 Å². The smallest absolute Gasteiger partial charge is 0.259 e. The quantitative estimate of drug-likeness (QED) is 0.536. The third kappa shape index (κ3) is 4.31. The number of nitrogens with zero attached hydrogens (tertiary/aromatic N) is 3. The van der Waals surface area contributed by atoms with E-state index < -0.39 is 0 Å². The van der Waals surface area contributed by atoms with E-state index in [0.29, 0.717) is 39.9 Å². The number of anilines is 2. The molecule has 160 valence electrons. The molecule has 6 nitrogen and oxygen atoms in total. The van der Waals surface area contributed by atoms with E-state index >= 15 is 0 Å². The summed E-state index contributed by atoms with van der Waals surface area (Å²) in [5.74, 6) is -0.147. The van der Waals surface area contributed by atoms with Crippen molar-refractivity contribution in [3.05, 3.63) is 70.0 Å². The van der Waals surface area contributed by atoms with E-state index in [2.05, 4.69) is 10.4 Å². The number of rotatable bonds is 5. The van der Waals surface area contributed by atoms with Crippen LogP contribution >= 0.6 is 23.2 Å². The Kier molecular flexibility index (Phi) is 6.03. The van der Waals surface area contributed by atoms with Gasteiger partial charge in [0.1, 0.15) is 0 Å². The lowest BCUT2D eigenvalue weighted by molar-refractivity contribution is -0.117. The lowest BCUT2D eigenvalue weighted by Gasteiger charge is -2.18. The van der Waals surface area contributed by atoms with Crippen LogP contribution < -0.4 is 10.2 Å². The zero-order valence-corrected chi connectivity index (χ0v) is 18.7. The number of aromatic nitrogens is 2. The van der Waals surface area contributed by atoms with Crippen molar-refractivity contribution in [2.45, 2.75) is 32.6 Å². The first kappa shape index (κ1) is 21.4. The summed E-state index contributed by atoms with van der Waals surface area (Å²) in [5.41, 5.74) is 3.33. The average Bonchev–Trinajstić information content (AvgIpc) is 3.35. The highest BCUT2D eigenvalue weighted by molar-refractivity contribution is 6.34. The van der Waals surface area contributed by atoms with Crippen LogP contribution in [0.5, 0.6) is 0 Å². The van der Waals surface area contributed by atoms with E-state index in [0.717, 1.165) is 17.8 Å². The van der Waals surface area contributed by atoms with Crippen LogP contribution in [-0.4, -0.2) is 28.1 Å². The second-order valence-corrected chi connectivity index (χ2v) is 8.60. The van der Waals surface area contributed by atoms with E-state index in [1.165, 1.54) is 0 Å². The molecule has 2 heterocycles. The molecule has 1 saturated heterocycles. The highest BCUT2D eigenvalue weighted by atomic mass is 35.5. The highest BCUT2D eigenvalue weighted by Gasteiger charge is 2.24. The number of benzene rings is 2. The summed E-state index contributed by atoms with van der Waals surface area (Å²) >= 11 is 12.4. The molecule has 2 aromatic carbocycles. The van der Waals surface area contributed by atoms with Crippen LogP contribution in [0.25, 0.3) is 5.69 Å². The van der Waals surface area contributed by atoms with Gasteiger partial charge in [0, 0.05) is 23.7 Å². The Balaban J connectivity index is 1.59. The van der Waals surface area contributed by atoms with Crippen molar-refractivity contribution in [3.8, 4) is 5.69 Å². The van der Waals surface area contributed by atoms with E-state index in [1.54, 1.807) is 46.1 Å². The van der Waals surface area contributed by atoms with Crippen molar-refractivity contribution in [1.82, 2.24) is 9.78 Å². The Labute approximate surface area is 190 Å². The first-order chi connectivity index (χ1) is 14.8. The molecular weight excluding hydrogens is 435 g/mol. The molecule has 0 saturated carbocycles. The Bertz CT molecular complexity index is 1140. The van der Waals surface area contributed by atoms with Crippen LogP contribution in [0.3, 0.4) is 0 Å². The summed E-state index contributed by atoms with van der Waals surface area (Å²) in [4.78, 5) is 26.7. The van der Waals surface area contributed by atoms with E-state index in [-0.39, 0.29) is 17.7 Å². The average molecular weight is 457 g/mol. The molecule has 1 aromatic heterocycles. The van der Waals surface area contributed by atoms with Crippen LogP contribution in [-0.2, 0) is 4.79 Å². The number of halogens is 2. The number of hydrogen-bond donors (Lipinski definition) is 1.